The van der Waals surface area contributed by atoms with Gasteiger partial charge < -0.3 is 9.52 Å². The molecule has 3 rings (SSSR count). The molecule has 0 aliphatic carbocycles. The molecule has 1 N–H and O–H groups in total. The first-order valence-electron chi connectivity index (χ1n) is 7.36. The summed E-state index contributed by atoms with van der Waals surface area (Å²) in [6, 6.07) is 11.5. The van der Waals surface area contributed by atoms with Gasteiger partial charge in [0, 0.05) is 11.1 Å². The Kier molecular flexibility index (Phi) is 4.85. The van der Waals surface area contributed by atoms with E-state index in [1.807, 2.05) is 0 Å². The number of halogens is 2. The summed E-state index contributed by atoms with van der Waals surface area (Å²) in [7, 11) is 0. The summed E-state index contributed by atoms with van der Waals surface area (Å²) in [5, 5.41) is 8.38. The lowest BCUT2D eigenvalue weighted by Crippen LogP contribution is -2.10. The van der Waals surface area contributed by atoms with Crippen molar-refractivity contribution in [1.82, 2.24) is 4.98 Å². The third kappa shape index (κ3) is 3.88. The Hall–Kier alpha value is -2.67. The Morgan fingerprint density at radius 1 is 1.12 bits per heavy atom. The zero-order chi connectivity index (χ0) is 18.0. The lowest BCUT2D eigenvalue weighted by atomic mass is 10.1. The normalized spacial score (nSPS) is 12.1. The second kappa shape index (κ2) is 7.06. The van der Waals surface area contributed by atoms with Crippen LogP contribution in [0.4, 0.5) is 8.78 Å². The number of hydrogen-bond acceptors (Lipinski definition) is 4. The molecule has 25 heavy (non-hydrogen) atoms. The van der Waals surface area contributed by atoms with E-state index in [-0.39, 0.29) is 11.0 Å². The van der Waals surface area contributed by atoms with Crippen LogP contribution in [0.25, 0.3) is 22.6 Å². The number of carbonyl (C=O) groups is 1. The highest BCUT2D eigenvalue weighted by Gasteiger charge is 2.22. The molecule has 1 unspecified atom stereocenters. The monoisotopic (exact) mass is 361 g/mol. The molecule has 0 saturated carbocycles. The van der Waals surface area contributed by atoms with E-state index in [9.17, 15) is 13.6 Å². The predicted octanol–water partition coefficient (Wildman–Crippen LogP) is 4.85. The molecular weight excluding hydrogens is 348 g/mol. The molecule has 2 aromatic carbocycles. The summed E-state index contributed by atoms with van der Waals surface area (Å²) in [6.07, 6.45) is 0. The third-order valence-corrected chi connectivity index (χ3v) is 4.35. The van der Waals surface area contributed by atoms with Crippen molar-refractivity contribution >= 4 is 17.7 Å². The fraction of sp³-hybridized carbons (Fsp3) is 0.111. The quantitative estimate of drug-likeness (QED) is 0.658. The summed E-state index contributed by atoms with van der Waals surface area (Å²) < 4.78 is 32.8. The van der Waals surface area contributed by atoms with Crippen LogP contribution in [0.3, 0.4) is 0 Å². The van der Waals surface area contributed by atoms with Crippen LogP contribution in [-0.2, 0) is 4.79 Å². The summed E-state index contributed by atoms with van der Waals surface area (Å²) in [4.78, 5) is 15.3. The summed E-state index contributed by atoms with van der Waals surface area (Å²) in [6.45, 7) is 1.50. The van der Waals surface area contributed by atoms with Crippen LogP contribution < -0.4 is 0 Å². The fourth-order valence-electron chi connectivity index (χ4n) is 2.21. The molecule has 4 nitrogen and oxygen atoms in total. The molecule has 128 valence electrons. The first-order valence-corrected chi connectivity index (χ1v) is 8.24. The molecule has 0 saturated heterocycles. The molecule has 0 aliphatic rings. The van der Waals surface area contributed by atoms with Gasteiger partial charge in [-0.2, -0.15) is 0 Å². The van der Waals surface area contributed by atoms with Crippen molar-refractivity contribution < 1.29 is 23.1 Å². The SMILES string of the molecule is CC(Sc1nc(-c2cccc(F)c2)c(-c2cccc(F)c2)o1)C(=O)O. The van der Waals surface area contributed by atoms with Crippen molar-refractivity contribution in [2.75, 3.05) is 0 Å². The Balaban J connectivity index is 2.11. The minimum atomic E-state index is -1.01. The Labute approximate surface area is 146 Å². The van der Waals surface area contributed by atoms with Crippen molar-refractivity contribution in [3.8, 4) is 22.6 Å². The van der Waals surface area contributed by atoms with Gasteiger partial charge in [0.15, 0.2) is 5.76 Å². The van der Waals surface area contributed by atoms with Crippen molar-refractivity contribution in [2.45, 2.75) is 17.4 Å². The molecule has 1 atom stereocenters. The number of rotatable bonds is 5. The van der Waals surface area contributed by atoms with Gasteiger partial charge in [0.1, 0.15) is 22.6 Å². The van der Waals surface area contributed by atoms with E-state index in [0.717, 1.165) is 11.8 Å². The molecule has 0 fully saturated rings. The number of hydrogen-bond donors (Lipinski definition) is 1. The molecule has 0 aliphatic heterocycles. The van der Waals surface area contributed by atoms with E-state index in [4.69, 9.17) is 9.52 Å². The number of thioether (sulfide) groups is 1. The number of aliphatic carboxylic acids is 1. The first-order chi connectivity index (χ1) is 11.9. The highest BCUT2D eigenvalue weighted by Crippen LogP contribution is 2.37. The molecule has 0 bridgehead atoms. The van der Waals surface area contributed by atoms with Crippen LogP contribution in [-0.4, -0.2) is 21.3 Å². The van der Waals surface area contributed by atoms with Gasteiger partial charge in [0.2, 0.25) is 0 Å². The number of aromatic nitrogens is 1. The summed E-state index contributed by atoms with van der Waals surface area (Å²) >= 11 is 0.920. The molecule has 1 aromatic heterocycles. The molecule has 1 heterocycles. The molecule has 7 heteroatoms. The Morgan fingerprint density at radius 3 is 2.32 bits per heavy atom. The van der Waals surface area contributed by atoms with Gasteiger partial charge in [-0.25, -0.2) is 13.8 Å². The van der Waals surface area contributed by atoms with E-state index in [0.29, 0.717) is 16.8 Å². The van der Waals surface area contributed by atoms with E-state index < -0.39 is 22.9 Å². The molecular formula is C18H13F2NO3S. The first kappa shape index (κ1) is 17.2. The van der Waals surface area contributed by atoms with Crippen molar-refractivity contribution in [2.24, 2.45) is 0 Å². The van der Waals surface area contributed by atoms with Crippen LogP contribution in [0.15, 0.2) is 58.2 Å². The fourth-order valence-corrected chi connectivity index (χ4v) is 2.89. The minimum Gasteiger partial charge on any atom is -0.480 e. The zero-order valence-electron chi connectivity index (χ0n) is 13.1. The van der Waals surface area contributed by atoms with Crippen LogP contribution in [0.5, 0.6) is 0 Å². The van der Waals surface area contributed by atoms with Crippen molar-refractivity contribution in [1.29, 1.82) is 0 Å². The number of carboxylic acid groups (broad SMARTS) is 1. The van der Waals surface area contributed by atoms with Crippen molar-refractivity contribution in [3.05, 3.63) is 60.2 Å². The van der Waals surface area contributed by atoms with E-state index in [2.05, 4.69) is 4.98 Å². The van der Waals surface area contributed by atoms with Gasteiger partial charge in [-0.1, -0.05) is 36.0 Å². The molecule has 3 aromatic rings. The van der Waals surface area contributed by atoms with Gasteiger partial charge in [0.25, 0.3) is 5.22 Å². The van der Waals surface area contributed by atoms with Crippen molar-refractivity contribution in [3.63, 3.8) is 0 Å². The van der Waals surface area contributed by atoms with Crippen LogP contribution >= 0.6 is 11.8 Å². The maximum Gasteiger partial charge on any atom is 0.316 e. The largest absolute Gasteiger partial charge is 0.480 e. The highest BCUT2D eigenvalue weighted by molar-refractivity contribution is 8.00. The smallest absolute Gasteiger partial charge is 0.316 e. The van der Waals surface area contributed by atoms with Gasteiger partial charge >= 0.3 is 5.97 Å². The molecule has 0 amide bonds. The average molecular weight is 361 g/mol. The second-order valence-corrected chi connectivity index (χ2v) is 6.57. The predicted molar refractivity (Wildman–Crippen MR) is 90.2 cm³/mol. The van der Waals surface area contributed by atoms with Gasteiger partial charge in [-0.15, -0.1) is 0 Å². The Bertz CT molecular complexity index is 863. The molecule has 0 spiro atoms. The number of oxazole rings is 1. The lowest BCUT2D eigenvalue weighted by Gasteiger charge is -2.02. The highest BCUT2D eigenvalue weighted by atomic mass is 32.2. The maximum atomic E-state index is 13.6. The van der Waals surface area contributed by atoms with Gasteiger partial charge in [-0.3, -0.25) is 4.79 Å². The van der Waals surface area contributed by atoms with Crippen LogP contribution in [0.1, 0.15) is 6.92 Å². The number of carboxylic acids is 1. The number of benzene rings is 2. The summed E-state index contributed by atoms with van der Waals surface area (Å²) in [5.41, 5.74) is 1.21. The standard InChI is InChI=1S/C18H13F2NO3S/c1-10(17(22)23)25-18-21-15(11-4-2-6-13(19)8-11)16(24-18)12-5-3-7-14(20)9-12/h2-10H,1H3,(H,22,23). The van der Waals surface area contributed by atoms with E-state index in [1.165, 1.54) is 43.3 Å². The Morgan fingerprint density at radius 2 is 1.72 bits per heavy atom. The maximum absolute atomic E-state index is 13.6. The lowest BCUT2D eigenvalue weighted by molar-refractivity contribution is -0.136. The average Bonchev–Trinajstić information content (AvgIpc) is 2.98. The third-order valence-electron chi connectivity index (χ3n) is 3.42. The zero-order valence-corrected chi connectivity index (χ0v) is 13.9. The van der Waals surface area contributed by atoms with Gasteiger partial charge in [0.05, 0.1) is 0 Å². The molecule has 0 radical (unpaired) electrons. The minimum absolute atomic E-state index is 0.119. The number of nitrogens with zero attached hydrogens (tertiary/aromatic N) is 1. The second-order valence-electron chi connectivity index (χ2n) is 5.28. The van der Waals surface area contributed by atoms with E-state index in [1.54, 1.807) is 12.1 Å². The van der Waals surface area contributed by atoms with Gasteiger partial charge in [-0.05, 0) is 31.2 Å². The van der Waals surface area contributed by atoms with Crippen LogP contribution in [0.2, 0.25) is 0 Å². The van der Waals surface area contributed by atoms with E-state index >= 15 is 0 Å². The van der Waals surface area contributed by atoms with Crippen LogP contribution in [0, 0.1) is 11.6 Å². The topological polar surface area (TPSA) is 63.3 Å². The summed E-state index contributed by atoms with van der Waals surface area (Å²) in [5.74, 6) is -1.65.